The van der Waals surface area contributed by atoms with Crippen LogP contribution in [-0.2, 0) is 0 Å². The first-order chi connectivity index (χ1) is 12.5. The molecule has 0 radical (unpaired) electrons. The van der Waals surface area contributed by atoms with Crippen molar-refractivity contribution in [1.29, 1.82) is 0 Å². The van der Waals surface area contributed by atoms with Crippen LogP contribution in [0.5, 0.6) is 0 Å². The van der Waals surface area contributed by atoms with Crippen LogP contribution in [0, 0.1) is 22.9 Å². The number of hydrogen-bond donors (Lipinski definition) is 0. The first-order valence-corrected chi connectivity index (χ1v) is 9.00. The van der Waals surface area contributed by atoms with E-state index in [-0.39, 0.29) is 0 Å². The van der Waals surface area contributed by atoms with E-state index in [4.69, 9.17) is 0 Å². The molecule has 0 aliphatic carbocycles. The molecule has 26 heavy (non-hydrogen) atoms. The van der Waals surface area contributed by atoms with Gasteiger partial charge < -0.3 is 9.80 Å². The van der Waals surface area contributed by atoms with Gasteiger partial charge in [-0.05, 0) is 25.1 Å². The molecule has 1 fully saturated rings. The summed E-state index contributed by atoms with van der Waals surface area (Å²) >= 11 is 1.63. The largest absolute Gasteiger partial charge is 0.362 e. The van der Waals surface area contributed by atoms with Crippen molar-refractivity contribution in [3.63, 3.8) is 0 Å². The summed E-state index contributed by atoms with van der Waals surface area (Å²) < 4.78 is 13.9. The zero-order valence-corrected chi connectivity index (χ0v) is 14.9. The highest BCUT2D eigenvalue weighted by Gasteiger charge is 2.27. The maximum atomic E-state index is 13.9. The van der Waals surface area contributed by atoms with Gasteiger partial charge in [-0.25, -0.2) is 9.97 Å². The average molecular weight is 373 g/mol. The van der Waals surface area contributed by atoms with E-state index in [1.807, 2.05) is 11.8 Å². The lowest BCUT2D eigenvalue weighted by molar-refractivity contribution is -0.386. The highest BCUT2D eigenvalue weighted by Crippen LogP contribution is 2.33. The number of fused-ring (bicyclic) bond motifs is 1. The van der Waals surface area contributed by atoms with E-state index in [1.54, 1.807) is 23.7 Å². The van der Waals surface area contributed by atoms with Gasteiger partial charge >= 0.3 is 5.69 Å². The molecule has 0 atom stereocenters. The normalized spacial score (nSPS) is 14.8. The van der Waals surface area contributed by atoms with E-state index in [9.17, 15) is 14.5 Å². The number of nitro groups is 1. The molecular formula is C17H16FN5O2S. The molecule has 0 N–H and O–H groups in total. The van der Waals surface area contributed by atoms with Gasteiger partial charge in [0.2, 0.25) is 5.82 Å². The Balaban J connectivity index is 1.58. The third-order valence-electron chi connectivity index (χ3n) is 4.50. The van der Waals surface area contributed by atoms with Crippen LogP contribution in [0.25, 0.3) is 10.2 Å². The second-order valence-electron chi connectivity index (χ2n) is 6.11. The molecule has 0 bridgehead atoms. The molecule has 2 aromatic heterocycles. The number of benzene rings is 1. The summed E-state index contributed by atoms with van der Waals surface area (Å²) in [5, 5.41) is 12.3. The fourth-order valence-electron chi connectivity index (χ4n) is 3.31. The zero-order valence-electron chi connectivity index (χ0n) is 14.1. The smallest absolute Gasteiger partial charge is 0.327 e. The SMILES string of the molecule is Cc1cc2c(N3CCN(c4cccc(F)c4[N+](=O)[O-])CC3)ncnc2s1. The van der Waals surface area contributed by atoms with Crippen LogP contribution in [0.2, 0.25) is 0 Å². The van der Waals surface area contributed by atoms with Gasteiger partial charge in [0.15, 0.2) is 0 Å². The summed E-state index contributed by atoms with van der Waals surface area (Å²) in [5.41, 5.74) is -0.132. The fourth-order valence-corrected chi connectivity index (χ4v) is 4.16. The Hall–Kier alpha value is -2.81. The number of hydrogen-bond acceptors (Lipinski definition) is 7. The molecule has 0 spiro atoms. The summed E-state index contributed by atoms with van der Waals surface area (Å²) in [4.78, 5) is 25.5. The van der Waals surface area contributed by atoms with Crippen molar-refractivity contribution >= 4 is 38.7 Å². The lowest BCUT2D eigenvalue weighted by Gasteiger charge is -2.36. The topological polar surface area (TPSA) is 75.4 Å². The summed E-state index contributed by atoms with van der Waals surface area (Å²) in [6.45, 7) is 4.44. The van der Waals surface area contributed by atoms with Crippen molar-refractivity contribution in [2.45, 2.75) is 6.92 Å². The lowest BCUT2D eigenvalue weighted by atomic mass is 10.2. The Morgan fingerprint density at radius 1 is 1.19 bits per heavy atom. The van der Waals surface area contributed by atoms with Crippen molar-refractivity contribution in [2.75, 3.05) is 36.0 Å². The summed E-state index contributed by atoms with van der Waals surface area (Å²) in [7, 11) is 0. The van der Waals surface area contributed by atoms with Crippen LogP contribution in [0.1, 0.15) is 4.88 Å². The Morgan fingerprint density at radius 2 is 1.92 bits per heavy atom. The van der Waals surface area contributed by atoms with Crippen LogP contribution in [0.15, 0.2) is 30.6 Å². The number of para-hydroxylation sites is 1. The standard InChI is InChI=1S/C17H16FN5O2S/c1-11-9-12-16(19-10-20-17(12)26-11)22-7-5-21(6-8-22)14-4-2-3-13(18)15(14)23(24)25/h2-4,9-10H,5-8H2,1H3. The number of aromatic nitrogens is 2. The monoisotopic (exact) mass is 373 g/mol. The second-order valence-corrected chi connectivity index (χ2v) is 7.35. The van der Waals surface area contributed by atoms with E-state index >= 15 is 0 Å². The number of nitro benzene ring substituents is 1. The van der Waals surface area contributed by atoms with Crippen LogP contribution in [0.3, 0.4) is 0 Å². The number of rotatable bonds is 3. The molecule has 1 aliphatic rings. The van der Waals surface area contributed by atoms with Crippen LogP contribution in [-0.4, -0.2) is 41.1 Å². The third kappa shape index (κ3) is 2.84. The van der Waals surface area contributed by atoms with E-state index in [0.717, 1.165) is 22.1 Å². The first kappa shape index (κ1) is 16.6. The van der Waals surface area contributed by atoms with Crippen molar-refractivity contribution in [3.8, 4) is 0 Å². The van der Waals surface area contributed by atoms with Crippen molar-refractivity contribution in [1.82, 2.24) is 9.97 Å². The van der Waals surface area contributed by atoms with Crippen LogP contribution >= 0.6 is 11.3 Å². The molecule has 0 unspecified atom stereocenters. The summed E-state index contributed by atoms with van der Waals surface area (Å²) in [6, 6.07) is 6.31. The van der Waals surface area contributed by atoms with Crippen molar-refractivity contribution in [3.05, 3.63) is 51.4 Å². The number of anilines is 2. The molecule has 0 saturated carbocycles. The Kier molecular flexibility index (Phi) is 4.15. The quantitative estimate of drug-likeness (QED) is 0.518. The number of nitrogens with zero attached hydrogens (tertiary/aromatic N) is 5. The zero-order chi connectivity index (χ0) is 18.3. The van der Waals surface area contributed by atoms with Gasteiger partial charge in [0.1, 0.15) is 22.7 Å². The fraction of sp³-hybridized carbons (Fsp3) is 0.294. The number of aryl methyl sites for hydroxylation is 1. The molecule has 3 aromatic rings. The van der Waals surface area contributed by atoms with E-state index in [0.29, 0.717) is 31.9 Å². The third-order valence-corrected chi connectivity index (χ3v) is 5.46. The highest BCUT2D eigenvalue weighted by molar-refractivity contribution is 7.18. The van der Waals surface area contributed by atoms with E-state index < -0.39 is 16.4 Å². The predicted molar refractivity (Wildman–Crippen MR) is 99.6 cm³/mol. The van der Waals surface area contributed by atoms with Crippen molar-refractivity contribution in [2.24, 2.45) is 0 Å². The average Bonchev–Trinajstić information content (AvgIpc) is 3.01. The Labute approximate surface area is 152 Å². The van der Waals surface area contributed by atoms with Gasteiger partial charge in [-0.2, -0.15) is 4.39 Å². The van der Waals surface area contributed by atoms with Gasteiger partial charge in [0.05, 0.1) is 10.3 Å². The Morgan fingerprint density at radius 3 is 2.65 bits per heavy atom. The first-order valence-electron chi connectivity index (χ1n) is 8.18. The molecule has 3 heterocycles. The minimum absolute atomic E-state index is 0.328. The van der Waals surface area contributed by atoms with Gasteiger partial charge in [-0.15, -0.1) is 11.3 Å². The van der Waals surface area contributed by atoms with Crippen LogP contribution < -0.4 is 9.80 Å². The minimum Gasteiger partial charge on any atom is -0.362 e. The molecule has 4 rings (SSSR count). The molecular weight excluding hydrogens is 357 g/mol. The molecule has 1 aromatic carbocycles. The maximum Gasteiger partial charge on any atom is 0.327 e. The van der Waals surface area contributed by atoms with E-state index in [1.165, 1.54) is 10.9 Å². The predicted octanol–water partition coefficient (Wildman–Crippen LogP) is 3.37. The molecule has 0 amide bonds. The van der Waals surface area contributed by atoms with Crippen LogP contribution in [0.4, 0.5) is 21.6 Å². The second kappa shape index (κ2) is 6.49. The maximum absolute atomic E-state index is 13.9. The summed E-state index contributed by atoms with van der Waals surface area (Å²) in [5.74, 6) is 0.0777. The summed E-state index contributed by atoms with van der Waals surface area (Å²) in [6.07, 6.45) is 1.57. The molecule has 134 valence electrons. The minimum atomic E-state index is -0.804. The number of halogens is 1. The molecule has 9 heteroatoms. The molecule has 1 saturated heterocycles. The van der Waals surface area contributed by atoms with Gasteiger partial charge in [-0.3, -0.25) is 10.1 Å². The van der Waals surface area contributed by atoms with Gasteiger partial charge in [0.25, 0.3) is 0 Å². The molecule has 1 aliphatic heterocycles. The van der Waals surface area contributed by atoms with Gasteiger partial charge in [0, 0.05) is 31.1 Å². The lowest BCUT2D eigenvalue weighted by Crippen LogP contribution is -2.47. The van der Waals surface area contributed by atoms with Crippen molar-refractivity contribution < 1.29 is 9.31 Å². The highest BCUT2D eigenvalue weighted by atomic mass is 32.1. The number of thiophene rings is 1. The van der Waals surface area contributed by atoms with E-state index in [2.05, 4.69) is 20.9 Å². The Bertz CT molecular complexity index is 984. The molecule has 7 nitrogen and oxygen atoms in total. The number of piperazine rings is 1. The van der Waals surface area contributed by atoms with Gasteiger partial charge in [-0.1, -0.05) is 6.07 Å².